The maximum atomic E-state index is 11.7. The minimum atomic E-state index is 0.0161. The van der Waals surface area contributed by atoms with E-state index in [1.807, 2.05) is 6.07 Å². The molecule has 0 radical (unpaired) electrons. The molecule has 1 aromatic carbocycles. The zero-order valence-electron chi connectivity index (χ0n) is 11.6. The normalized spacial score (nSPS) is 25.9. The van der Waals surface area contributed by atoms with Gasteiger partial charge in [0.2, 0.25) is 0 Å². The van der Waals surface area contributed by atoms with Crippen LogP contribution in [0.3, 0.4) is 0 Å². The van der Waals surface area contributed by atoms with Crippen LogP contribution in [0.4, 0.5) is 0 Å². The highest BCUT2D eigenvalue weighted by molar-refractivity contribution is 5.94. The molecule has 2 N–H and O–H groups in total. The Morgan fingerprint density at radius 3 is 2.95 bits per heavy atom. The van der Waals surface area contributed by atoms with Gasteiger partial charge in [0, 0.05) is 19.2 Å². The maximum Gasteiger partial charge on any atom is 0.251 e. The van der Waals surface area contributed by atoms with Gasteiger partial charge in [0.15, 0.2) is 0 Å². The first-order valence-corrected chi connectivity index (χ1v) is 7.27. The van der Waals surface area contributed by atoms with E-state index in [0.29, 0.717) is 5.41 Å². The molecular weight excluding hydrogens is 236 g/mol. The highest BCUT2D eigenvalue weighted by Gasteiger charge is 2.35. The van der Waals surface area contributed by atoms with E-state index in [4.69, 9.17) is 0 Å². The van der Waals surface area contributed by atoms with Gasteiger partial charge in [-0.05, 0) is 67.3 Å². The summed E-state index contributed by atoms with van der Waals surface area (Å²) >= 11 is 0. The molecule has 1 aliphatic carbocycles. The fraction of sp³-hybridized carbons (Fsp3) is 0.562. The molecule has 0 saturated carbocycles. The van der Waals surface area contributed by atoms with Gasteiger partial charge >= 0.3 is 0 Å². The number of hydrogen-bond acceptors (Lipinski definition) is 2. The number of carbonyl (C=O) groups excluding carboxylic acids is 1. The van der Waals surface area contributed by atoms with Crippen LogP contribution in [-0.4, -0.2) is 26.0 Å². The molecule has 1 heterocycles. The Kier molecular flexibility index (Phi) is 3.31. The van der Waals surface area contributed by atoms with Crippen molar-refractivity contribution in [2.75, 3.05) is 20.1 Å². The first-order valence-electron chi connectivity index (χ1n) is 7.27. The summed E-state index contributed by atoms with van der Waals surface area (Å²) in [4.78, 5) is 11.7. The predicted octanol–water partition coefficient (Wildman–Crippen LogP) is 1.90. The molecule has 1 fully saturated rings. The molecule has 0 aromatic heterocycles. The summed E-state index contributed by atoms with van der Waals surface area (Å²) in [5.74, 6) is 0.0161. The second-order valence-corrected chi connectivity index (χ2v) is 6.02. The first-order chi connectivity index (χ1) is 9.22. The molecule has 102 valence electrons. The summed E-state index contributed by atoms with van der Waals surface area (Å²) in [5.41, 5.74) is 4.08. The molecule has 1 amide bonds. The van der Waals surface area contributed by atoms with Gasteiger partial charge in [-0.15, -0.1) is 0 Å². The van der Waals surface area contributed by atoms with Gasteiger partial charge in [0.25, 0.3) is 5.91 Å². The topological polar surface area (TPSA) is 41.1 Å². The third-order valence-electron chi connectivity index (χ3n) is 4.75. The molecule has 1 saturated heterocycles. The molecule has 3 rings (SSSR count). The predicted molar refractivity (Wildman–Crippen MR) is 76.4 cm³/mol. The second kappa shape index (κ2) is 4.97. The monoisotopic (exact) mass is 258 g/mol. The van der Waals surface area contributed by atoms with Crippen molar-refractivity contribution in [2.45, 2.75) is 32.1 Å². The zero-order chi connectivity index (χ0) is 13.3. The van der Waals surface area contributed by atoms with E-state index in [1.165, 1.54) is 43.4 Å². The van der Waals surface area contributed by atoms with E-state index < -0.39 is 0 Å². The molecule has 3 heteroatoms. The van der Waals surface area contributed by atoms with E-state index in [1.54, 1.807) is 7.05 Å². The fourth-order valence-electron chi connectivity index (χ4n) is 3.60. The molecular formula is C16H22N2O. The lowest BCUT2D eigenvalue weighted by Crippen LogP contribution is -2.43. The summed E-state index contributed by atoms with van der Waals surface area (Å²) in [6.45, 7) is 2.33. The van der Waals surface area contributed by atoms with Gasteiger partial charge in [-0.1, -0.05) is 6.07 Å². The van der Waals surface area contributed by atoms with Crippen LogP contribution in [0.5, 0.6) is 0 Å². The number of nitrogens with one attached hydrogen (secondary N) is 2. The molecule has 1 spiro atoms. The smallest absolute Gasteiger partial charge is 0.251 e. The fourth-order valence-corrected chi connectivity index (χ4v) is 3.60. The van der Waals surface area contributed by atoms with Crippen molar-refractivity contribution in [3.05, 3.63) is 34.9 Å². The number of amides is 1. The number of aryl methyl sites for hydroxylation is 1. The van der Waals surface area contributed by atoms with Gasteiger partial charge < -0.3 is 10.6 Å². The van der Waals surface area contributed by atoms with Crippen LogP contribution in [-0.2, 0) is 12.8 Å². The quantitative estimate of drug-likeness (QED) is 0.808. The van der Waals surface area contributed by atoms with E-state index in [-0.39, 0.29) is 5.91 Å². The third-order valence-corrected chi connectivity index (χ3v) is 4.75. The Hall–Kier alpha value is -1.35. The second-order valence-electron chi connectivity index (χ2n) is 6.02. The number of piperidine rings is 1. The highest BCUT2D eigenvalue weighted by atomic mass is 16.1. The van der Waals surface area contributed by atoms with Crippen molar-refractivity contribution in [1.29, 1.82) is 0 Å². The molecule has 0 bridgehead atoms. The Bertz CT molecular complexity index is 490. The van der Waals surface area contributed by atoms with E-state index >= 15 is 0 Å². The Labute approximate surface area is 114 Å². The maximum absolute atomic E-state index is 11.7. The van der Waals surface area contributed by atoms with Crippen LogP contribution in [0, 0.1) is 5.41 Å². The van der Waals surface area contributed by atoms with Crippen LogP contribution in [0.1, 0.15) is 40.7 Å². The van der Waals surface area contributed by atoms with E-state index in [9.17, 15) is 4.79 Å². The SMILES string of the molecule is CNC(=O)c1ccc2c(c1)CCC1(CCCNC1)C2. The molecule has 2 aliphatic rings. The third kappa shape index (κ3) is 2.39. The van der Waals surface area contributed by atoms with Crippen molar-refractivity contribution >= 4 is 5.91 Å². The average Bonchev–Trinajstić information content (AvgIpc) is 2.47. The van der Waals surface area contributed by atoms with Crippen LogP contribution in [0.25, 0.3) is 0 Å². The van der Waals surface area contributed by atoms with Crippen LogP contribution in [0.15, 0.2) is 18.2 Å². The number of fused-ring (bicyclic) bond motifs is 1. The Balaban J connectivity index is 1.84. The summed E-state index contributed by atoms with van der Waals surface area (Å²) in [6.07, 6.45) is 6.18. The lowest BCUT2D eigenvalue weighted by atomic mass is 9.67. The minimum Gasteiger partial charge on any atom is -0.355 e. The van der Waals surface area contributed by atoms with Crippen LogP contribution in [0.2, 0.25) is 0 Å². The molecule has 1 unspecified atom stereocenters. The largest absolute Gasteiger partial charge is 0.355 e. The van der Waals surface area contributed by atoms with Gasteiger partial charge in [0.05, 0.1) is 0 Å². The van der Waals surface area contributed by atoms with E-state index in [0.717, 1.165) is 18.5 Å². The van der Waals surface area contributed by atoms with Crippen molar-refractivity contribution < 1.29 is 4.79 Å². The Morgan fingerprint density at radius 1 is 1.32 bits per heavy atom. The average molecular weight is 258 g/mol. The van der Waals surface area contributed by atoms with Crippen molar-refractivity contribution in [1.82, 2.24) is 10.6 Å². The molecule has 19 heavy (non-hydrogen) atoms. The summed E-state index contributed by atoms with van der Waals surface area (Å²) < 4.78 is 0. The zero-order valence-corrected chi connectivity index (χ0v) is 11.6. The molecule has 1 aliphatic heterocycles. The van der Waals surface area contributed by atoms with Gasteiger partial charge in [-0.2, -0.15) is 0 Å². The lowest BCUT2D eigenvalue weighted by molar-refractivity contribution is 0.0963. The van der Waals surface area contributed by atoms with Gasteiger partial charge in [0.1, 0.15) is 0 Å². The van der Waals surface area contributed by atoms with Gasteiger partial charge in [-0.3, -0.25) is 4.79 Å². The highest BCUT2D eigenvalue weighted by Crippen LogP contribution is 2.40. The molecule has 1 aromatic rings. The molecule has 1 atom stereocenters. The number of hydrogen-bond donors (Lipinski definition) is 2. The van der Waals surface area contributed by atoms with Crippen molar-refractivity contribution in [2.24, 2.45) is 5.41 Å². The van der Waals surface area contributed by atoms with E-state index in [2.05, 4.69) is 22.8 Å². The first kappa shape index (κ1) is 12.7. The summed E-state index contributed by atoms with van der Waals surface area (Å²) in [5, 5.41) is 6.25. The number of benzene rings is 1. The summed E-state index contributed by atoms with van der Waals surface area (Å²) in [6, 6.07) is 6.21. The standard InChI is InChI=1S/C16H22N2O/c1-17-15(19)13-3-4-14-10-16(6-2-8-18-11-16)7-5-12(14)9-13/h3-4,9,18H,2,5-8,10-11H2,1H3,(H,17,19). The number of rotatable bonds is 1. The van der Waals surface area contributed by atoms with Gasteiger partial charge in [-0.25, -0.2) is 0 Å². The van der Waals surface area contributed by atoms with Crippen LogP contribution < -0.4 is 10.6 Å². The lowest BCUT2D eigenvalue weighted by Gasteiger charge is -2.41. The number of carbonyl (C=O) groups is 1. The Morgan fingerprint density at radius 2 is 2.21 bits per heavy atom. The minimum absolute atomic E-state index is 0.0161. The van der Waals surface area contributed by atoms with Crippen molar-refractivity contribution in [3.63, 3.8) is 0 Å². The van der Waals surface area contributed by atoms with Crippen LogP contribution >= 0.6 is 0 Å². The van der Waals surface area contributed by atoms with Crippen molar-refractivity contribution in [3.8, 4) is 0 Å². The molecule has 3 nitrogen and oxygen atoms in total. The summed E-state index contributed by atoms with van der Waals surface area (Å²) in [7, 11) is 1.68.